The monoisotopic (exact) mass is 189 g/mol. The quantitative estimate of drug-likeness (QED) is 0.563. The first-order valence-electron chi connectivity index (χ1n) is 5.22. The van der Waals surface area contributed by atoms with Crippen LogP contribution < -0.4 is 5.73 Å². The van der Waals surface area contributed by atoms with Gasteiger partial charge in [-0.1, -0.05) is 13.3 Å². The zero-order chi connectivity index (χ0) is 10.1. The molecule has 0 spiro atoms. The molecule has 0 aromatic heterocycles. The van der Waals surface area contributed by atoms with Crippen molar-refractivity contribution in [3.8, 4) is 0 Å². The molecule has 13 heavy (non-hydrogen) atoms. The highest BCUT2D eigenvalue weighted by atomic mass is 16.5. The number of ether oxygens (including phenoxy) is 1. The van der Waals surface area contributed by atoms with Gasteiger partial charge in [0, 0.05) is 13.2 Å². The number of aliphatic hydroxyl groups is 1. The van der Waals surface area contributed by atoms with Gasteiger partial charge < -0.3 is 15.6 Å². The lowest BCUT2D eigenvalue weighted by atomic mass is 9.95. The van der Waals surface area contributed by atoms with Crippen LogP contribution in [0.5, 0.6) is 0 Å². The molecular weight excluding hydrogens is 166 g/mol. The summed E-state index contributed by atoms with van der Waals surface area (Å²) < 4.78 is 5.18. The Morgan fingerprint density at radius 3 is 2.46 bits per heavy atom. The van der Waals surface area contributed by atoms with Crippen LogP contribution in [0.4, 0.5) is 0 Å². The van der Waals surface area contributed by atoms with Crippen LogP contribution in [-0.2, 0) is 4.74 Å². The molecule has 0 amide bonds. The first-order valence-corrected chi connectivity index (χ1v) is 5.22. The van der Waals surface area contributed by atoms with Crippen LogP contribution in [0.3, 0.4) is 0 Å². The average molecular weight is 189 g/mol. The average Bonchev–Trinajstić information content (AvgIpc) is 2.14. The van der Waals surface area contributed by atoms with E-state index >= 15 is 0 Å². The minimum atomic E-state index is -0.295. The minimum Gasteiger partial charge on any atom is -0.393 e. The Labute approximate surface area is 81.3 Å². The van der Waals surface area contributed by atoms with Crippen LogP contribution in [0.15, 0.2) is 0 Å². The summed E-state index contributed by atoms with van der Waals surface area (Å²) in [6.07, 6.45) is 2.49. The van der Waals surface area contributed by atoms with E-state index in [9.17, 15) is 5.11 Å². The highest BCUT2D eigenvalue weighted by Gasteiger charge is 2.15. The molecule has 0 bridgehead atoms. The van der Waals surface area contributed by atoms with Crippen LogP contribution in [0.2, 0.25) is 0 Å². The largest absolute Gasteiger partial charge is 0.393 e. The molecule has 0 saturated carbocycles. The zero-order valence-electron chi connectivity index (χ0n) is 8.83. The van der Waals surface area contributed by atoms with Crippen molar-refractivity contribution in [2.45, 2.75) is 39.2 Å². The zero-order valence-corrected chi connectivity index (χ0v) is 8.83. The van der Waals surface area contributed by atoms with Crippen molar-refractivity contribution >= 4 is 0 Å². The summed E-state index contributed by atoms with van der Waals surface area (Å²) in [5, 5.41) is 9.71. The molecular formula is C10H23NO2. The van der Waals surface area contributed by atoms with Gasteiger partial charge in [0.2, 0.25) is 0 Å². The molecule has 0 saturated heterocycles. The molecule has 0 radical (unpaired) electrons. The molecule has 0 aliphatic heterocycles. The lowest BCUT2D eigenvalue weighted by Gasteiger charge is -2.20. The highest BCUT2D eigenvalue weighted by molar-refractivity contribution is 4.69. The van der Waals surface area contributed by atoms with Gasteiger partial charge in [-0.15, -0.1) is 0 Å². The molecule has 0 aromatic rings. The van der Waals surface area contributed by atoms with E-state index in [2.05, 4.69) is 6.92 Å². The van der Waals surface area contributed by atoms with Crippen molar-refractivity contribution in [2.24, 2.45) is 11.7 Å². The van der Waals surface area contributed by atoms with Gasteiger partial charge in [-0.05, 0) is 32.2 Å². The summed E-state index contributed by atoms with van der Waals surface area (Å²) in [6, 6.07) is 0. The van der Waals surface area contributed by atoms with Gasteiger partial charge in [-0.2, -0.15) is 0 Å². The topological polar surface area (TPSA) is 55.5 Å². The van der Waals surface area contributed by atoms with E-state index in [-0.39, 0.29) is 12.0 Å². The van der Waals surface area contributed by atoms with E-state index in [1.165, 1.54) is 0 Å². The molecule has 0 rings (SSSR count). The molecule has 0 aliphatic carbocycles. The molecule has 0 fully saturated rings. The fraction of sp³-hybridized carbons (Fsp3) is 1.00. The van der Waals surface area contributed by atoms with Crippen molar-refractivity contribution in [1.82, 2.24) is 0 Å². The summed E-state index contributed by atoms with van der Waals surface area (Å²) in [5.41, 5.74) is 5.56. The number of nitrogens with two attached hydrogens (primary N) is 1. The molecule has 80 valence electrons. The Kier molecular flexibility index (Phi) is 8.40. The number of rotatable bonds is 8. The van der Waals surface area contributed by atoms with Gasteiger partial charge in [-0.25, -0.2) is 0 Å². The molecule has 0 aliphatic rings. The first kappa shape index (κ1) is 12.9. The highest BCUT2D eigenvalue weighted by Crippen LogP contribution is 2.12. The second kappa shape index (κ2) is 8.48. The Morgan fingerprint density at radius 2 is 2.00 bits per heavy atom. The third kappa shape index (κ3) is 6.02. The number of aliphatic hydroxyl groups excluding tert-OH is 1. The van der Waals surface area contributed by atoms with Gasteiger partial charge in [0.05, 0.1) is 6.10 Å². The summed E-state index contributed by atoms with van der Waals surface area (Å²) in [5.74, 6) is 0.241. The van der Waals surface area contributed by atoms with E-state index in [0.29, 0.717) is 26.2 Å². The van der Waals surface area contributed by atoms with E-state index in [1.54, 1.807) is 0 Å². The molecule has 3 N–H and O–H groups in total. The Morgan fingerprint density at radius 1 is 1.31 bits per heavy atom. The number of hydrogen-bond acceptors (Lipinski definition) is 3. The van der Waals surface area contributed by atoms with Crippen molar-refractivity contribution in [3.05, 3.63) is 0 Å². The SMILES string of the molecule is CCCC(CN)C(O)CCOCC. The molecule has 2 unspecified atom stereocenters. The number of hydrogen-bond donors (Lipinski definition) is 2. The second-order valence-electron chi connectivity index (χ2n) is 3.34. The van der Waals surface area contributed by atoms with Crippen LogP contribution in [0, 0.1) is 5.92 Å². The van der Waals surface area contributed by atoms with Crippen molar-refractivity contribution in [1.29, 1.82) is 0 Å². The molecule has 0 heterocycles. The van der Waals surface area contributed by atoms with E-state index in [1.807, 2.05) is 6.92 Å². The lowest BCUT2D eigenvalue weighted by Crippen LogP contribution is -2.28. The summed E-state index contributed by atoms with van der Waals surface area (Å²) in [4.78, 5) is 0. The predicted octanol–water partition coefficient (Wildman–Crippen LogP) is 1.15. The van der Waals surface area contributed by atoms with Crippen LogP contribution >= 0.6 is 0 Å². The van der Waals surface area contributed by atoms with E-state index in [0.717, 1.165) is 12.8 Å². The molecule has 3 nitrogen and oxygen atoms in total. The maximum Gasteiger partial charge on any atom is 0.0602 e. The second-order valence-corrected chi connectivity index (χ2v) is 3.34. The summed E-state index contributed by atoms with van der Waals surface area (Å²) >= 11 is 0. The lowest BCUT2D eigenvalue weighted by molar-refractivity contribution is 0.0539. The van der Waals surface area contributed by atoms with Gasteiger partial charge in [-0.3, -0.25) is 0 Å². The predicted molar refractivity (Wildman–Crippen MR) is 54.6 cm³/mol. The van der Waals surface area contributed by atoms with Gasteiger partial charge in [0.15, 0.2) is 0 Å². The summed E-state index contributed by atoms with van der Waals surface area (Å²) in [6.45, 7) is 5.99. The van der Waals surface area contributed by atoms with Gasteiger partial charge in [0.25, 0.3) is 0 Å². The smallest absolute Gasteiger partial charge is 0.0602 e. The van der Waals surface area contributed by atoms with Crippen molar-refractivity contribution in [2.75, 3.05) is 19.8 Å². The maximum absolute atomic E-state index is 9.71. The third-order valence-electron chi connectivity index (χ3n) is 2.27. The summed E-state index contributed by atoms with van der Waals surface area (Å²) in [7, 11) is 0. The third-order valence-corrected chi connectivity index (χ3v) is 2.27. The minimum absolute atomic E-state index is 0.241. The standard InChI is InChI=1S/C10H23NO2/c1-3-5-9(8-11)10(12)6-7-13-4-2/h9-10,12H,3-8,11H2,1-2H3. The van der Waals surface area contributed by atoms with Gasteiger partial charge >= 0.3 is 0 Å². The Balaban J connectivity index is 3.57. The maximum atomic E-state index is 9.71. The Bertz CT molecular complexity index is 109. The fourth-order valence-electron chi connectivity index (χ4n) is 1.42. The van der Waals surface area contributed by atoms with Crippen LogP contribution in [-0.4, -0.2) is 31.0 Å². The van der Waals surface area contributed by atoms with Crippen LogP contribution in [0.25, 0.3) is 0 Å². The van der Waals surface area contributed by atoms with E-state index < -0.39 is 0 Å². The molecule has 2 atom stereocenters. The van der Waals surface area contributed by atoms with Crippen molar-refractivity contribution in [3.63, 3.8) is 0 Å². The first-order chi connectivity index (χ1) is 6.26. The van der Waals surface area contributed by atoms with E-state index in [4.69, 9.17) is 10.5 Å². The Hall–Kier alpha value is -0.120. The normalized spacial score (nSPS) is 15.7. The fourth-order valence-corrected chi connectivity index (χ4v) is 1.42. The van der Waals surface area contributed by atoms with Crippen LogP contribution in [0.1, 0.15) is 33.1 Å². The molecule has 0 aromatic carbocycles. The van der Waals surface area contributed by atoms with Gasteiger partial charge in [0.1, 0.15) is 0 Å². The van der Waals surface area contributed by atoms with Crippen molar-refractivity contribution < 1.29 is 9.84 Å². The molecule has 3 heteroatoms.